The highest BCUT2D eigenvalue weighted by molar-refractivity contribution is 5.88. The highest BCUT2D eigenvalue weighted by atomic mass is 16.5. The highest BCUT2D eigenvalue weighted by Crippen LogP contribution is 2.57. The molecule has 0 heterocycles. The molecule has 0 aromatic heterocycles. The number of nitrogens with two attached hydrogens (primary N) is 2. The average Bonchev–Trinajstić information content (AvgIpc) is 3.53. The molecule has 0 saturated carbocycles. The number of fused-ring (bicyclic) bond motifs is 3. The first-order valence-corrected chi connectivity index (χ1v) is 18.0. The van der Waals surface area contributed by atoms with Crippen LogP contribution in [0.15, 0.2) is 182 Å². The number of hydrogen-bond acceptors (Lipinski definition) is 6. The Morgan fingerprint density at radius 2 is 0.782 bits per heavy atom. The lowest BCUT2D eigenvalue weighted by Crippen LogP contribution is -2.28. The SMILES string of the molecule is Nc1cc(Oc2ccc(C3(c4ccc(Oc5ccc(O)c(N)c5)c(-c5ccccc5)c4)c4ccccc4-c4ccccc43)cc2-c2ccccc2)ccc1O. The van der Waals surface area contributed by atoms with Crippen molar-refractivity contribution in [1.82, 2.24) is 0 Å². The fourth-order valence-corrected chi connectivity index (χ4v) is 7.86. The van der Waals surface area contributed by atoms with E-state index in [0.717, 1.165) is 44.5 Å². The number of aromatic hydroxyl groups is 2. The van der Waals surface area contributed by atoms with Crippen molar-refractivity contribution < 1.29 is 19.7 Å². The first kappa shape index (κ1) is 33.4. The summed E-state index contributed by atoms with van der Waals surface area (Å²) >= 11 is 0. The second-order valence-electron chi connectivity index (χ2n) is 13.6. The van der Waals surface area contributed by atoms with Gasteiger partial charge in [-0.2, -0.15) is 0 Å². The Bertz CT molecular complexity index is 2520. The number of phenols is 2. The molecule has 0 radical (unpaired) electrons. The van der Waals surface area contributed by atoms with Crippen LogP contribution in [0.25, 0.3) is 33.4 Å². The predicted molar refractivity (Wildman–Crippen MR) is 220 cm³/mol. The second-order valence-corrected chi connectivity index (χ2v) is 13.6. The molecule has 0 bridgehead atoms. The Balaban J connectivity index is 1.30. The molecular formula is C49H36N2O4. The zero-order chi connectivity index (χ0) is 37.5. The van der Waals surface area contributed by atoms with E-state index in [2.05, 4.69) is 97.1 Å². The highest BCUT2D eigenvalue weighted by Gasteiger charge is 2.46. The van der Waals surface area contributed by atoms with Crippen LogP contribution in [0.3, 0.4) is 0 Å². The number of phenolic OH excluding ortho intramolecular Hbond substituents is 2. The molecule has 8 aromatic carbocycles. The quantitative estimate of drug-likeness (QED) is 0.0920. The van der Waals surface area contributed by atoms with Crippen LogP contribution >= 0.6 is 0 Å². The number of rotatable bonds is 8. The number of ether oxygens (including phenoxy) is 2. The Kier molecular flexibility index (Phi) is 8.21. The maximum absolute atomic E-state index is 10.1. The molecule has 266 valence electrons. The Morgan fingerprint density at radius 1 is 0.382 bits per heavy atom. The molecule has 0 unspecified atom stereocenters. The van der Waals surface area contributed by atoms with Crippen LogP contribution in [0, 0.1) is 0 Å². The van der Waals surface area contributed by atoms with Gasteiger partial charge < -0.3 is 31.2 Å². The van der Waals surface area contributed by atoms with Crippen molar-refractivity contribution in [3.05, 3.63) is 204 Å². The Labute approximate surface area is 319 Å². The maximum Gasteiger partial charge on any atom is 0.138 e. The molecule has 0 saturated heterocycles. The zero-order valence-corrected chi connectivity index (χ0v) is 29.7. The standard InChI is InChI=1S/C49H36N2O4/c50-43-29-35(21-23-45(43)52)54-47-25-19-33(27-39(47)31-11-3-1-4-12-31)49(41-17-9-7-15-37(41)38-16-8-10-18-42(38)49)34-20-26-48(40(28-34)32-13-5-2-6-14-32)55-36-22-24-46(53)44(51)30-36/h1-30,52-53H,50-51H2. The van der Waals surface area contributed by atoms with Crippen molar-refractivity contribution in [2.45, 2.75) is 5.41 Å². The number of hydrogen-bond donors (Lipinski definition) is 4. The summed E-state index contributed by atoms with van der Waals surface area (Å²) in [5.74, 6) is 2.35. The maximum atomic E-state index is 10.1. The third-order valence-corrected chi connectivity index (χ3v) is 10.4. The van der Waals surface area contributed by atoms with Gasteiger partial charge in [-0.15, -0.1) is 0 Å². The zero-order valence-electron chi connectivity index (χ0n) is 29.7. The van der Waals surface area contributed by atoms with E-state index in [1.165, 1.54) is 23.3 Å². The molecule has 8 aromatic rings. The van der Waals surface area contributed by atoms with Gasteiger partial charge >= 0.3 is 0 Å². The van der Waals surface area contributed by atoms with Crippen LogP contribution in [0.1, 0.15) is 22.3 Å². The normalized spacial score (nSPS) is 12.4. The molecule has 1 aliphatic rings. The molecule has 0 aliphatic heterocycles. The van der Waals surface area contributed by atoms with Gasteiger partial charge in [-0.3, -0.25) is 0 Å². The summed E-state index contributed by atoms with van der Waals surface area (Å²) in [5, 5.41) is 20.2. The van der Waals surface area contributed by atoms with Gasteiger partial charge in [-0.1, -0.05) is 121 Å². The summed E-state index contributed by atoms with van der Waals surface area (Å²) in [7, 11) is 0. The molecule has 6 heteroatoms. The van der Waals surface area contributed by atoms with E-state index in [1.807, 2.05) is 48.5 Å². The van der Waals surface area contributed by atoms with Crippen LogP contribution in [0.4, 0.5) is 11.4 Å². The van der Waals surface area contributed by atoms with Crippen molar-refractivity contribution in [3.8, 4) is 67.9 Å². The molecule has 0 atom stereocenters. The van der Waals surface area contributed by atoms with E-state index >= 15 is 0 Å². The van der Waals surface area contributed by atoms with Gasteiger partial charge in [0.05, 0.1) is 16.8 Å². The van der Waals surface area contributed by atoms with E-state index in [1.54, 1.807) is 24.3 Å². The fourth-order valence-electron chi connectivity index (χ4n) is 7.86. The third kappa shape index (κ3) is 5.77. The van der Waals surface area contributed by atoms with E-state index in [4.69, 9.17) is 20.9 Å². The summed E-state index contributed by atoms with van der Waals surface area (Å²) in [5.41, 5.74) is 22.4. The lowest BCUT2D eigenvalue weighted by molar-refractivity contribution is 0.467. The first-order chi connectivity index (χ1) is 26.9. The minimum absolute atomic E-state index is 0.00460. The van der Waals surface area contributed by atoms with Crippen molar-refractivity contribution in [2.24, 2.45) is 0 Å². The summed E-state index contributed by atoms with van der Waals surface area (Å²) in [6.07, 6.45) is 0. The van der Waals surface area contributed by atoms with Crippen LogP contribution in [0.5, 0.6) is 34.5 Å². The van der Waals surface area contributed by atoms with E-state index in [9.17, 15) is 10.2 Å². The lowest BCUT2D eigenvalue weighted by Gasteiger charge is -2.35. The Morgan fingerprint density at radius 3 is 1.20 bits per heavy atom. The number of nitrogen functional groups attached to an aromatic ring is 2. The second kappa shape index (κ2) is 13.5. The fraction of sp³-hybridized carbons (Fsp3) is 0.0204. The van der Waals surface area contributed by atoms with Crippen molar-refractivity contribution in [3.63, 3.8) is 0 Å². The van der Waals surface area contributed by atoms with Gasteiger partial charge in [0.2, 0.25) is 0 Å². The van der Waals surface area contributed by atoms with Crippen molar-refractivity contribution in [1.29, 1.82) is 0 Å². The summed E-state index contributed by atoms with van der Waals surface area (Å²) in [6, 6.07) is 60.2. The largest absolute Gasteiger partial charge is 0.506 e. The minimum Gasteiger partial charge on any atom is -0.506 e. The van der Waals surface area contributed by atoms with Gasteiger partial charge in [-0.05, 0) is 93.0 Å². The lowest BCUT2D eigenvalue weighted by atomic mass is 9.67. The molecule has 0 amide bonds. The first-order valence-electron chi connectivity index (χ1n) is 18.0. The van der Waals surface area contributed by atoms with Crippen LogP contribution in [-0.2, 0) is 5.41 Å². The van der Waals surface area contributed by atoms with Crippen molar-refractivity contribution in [2.75, 3.05) is 11.5 Å². The monoisotopic (exact) mass is 716 g/mol. The van der Waals surface area contributed by atoms with Gasteiger partial charge in [0.1, 0.15) is 34.5 Å². The van der Waals surface area contributed by atoms with Gasteiger partial charge in [-0.25, -0.2) is 0 Å². The van der Waals surface area contributed by atoms with Crippen molar-refractivity contribution >= 4 is 11.4 Å². The minimum atomic E-state index is -0.747. The summed E-state index contributed by atoms with van der Waals surface area (Å²) in [4.78, 5) is 0. The summed E-state index contributed by atoms with van der Waals surface area (Å²) < 4.78 is 13.1. The molecule has 6 nitrogen and oxygen atoms in total. The van der Waals surface area contributed by atoms with Gasteiger partial charge in [0.25, 0.3) is 0 Å². The number of anilines is 2. The molecule has 9 rings (SSSR count). The predicted octanol–water partition coefficient (Wildman–Crippen LogP) is 11.5. The topological polar surface area (TPSA) is 111 Å². The number of benzene rings is 8. The smallest absolute Gasteiger partial charge is 0.138 e. The van der Waals surface area contributed by atoms with E-state index in [-0.39, 0.29) is 22.9 Å². The molecule has 55 heavy (non-hydrogen) atoms. The average molecular weight is 717 g/mol. The molecular weight excluding hydrogens is 681 g/mol. The molecule has 0 spiro atoms. The van der Waals surface area contributed by atoms with Crippen LogP contribution in [-0.4, -0.2) is 10.2 Å². The Hall–Kier alpha value is -7.44. The summed E-state index contributed by atoms with van der Waals surface area (Å²) in [6.45, 7) is 0. The molecule has 6 N–H and O–H groups in total. The van der Waals surface area contributed by atoms with Gasteiger partial charge in [0, 0.05) is 23.3 Å². The van der Waals surface area contributed by atoms with Gasteiger partial charge in [0.15, 0.2) is 0 Å². The van der Waals surface area contributed by atoms with E-state index in [0.29, 0.717) is 23.0 Å². The van der Waals surface area contributed by atoms with Crippen LogP contribution < -0.4 is 20.9 Å². The third-order valence-electron chi connectivity index (χ3n) is 10.4. The van der Waals surface area contributed by atoms with Crippen LogP contribution in [0.2, 0.25) is 0 Å². The molecule has 1 aliphatic carbocycles. The molecule has 0 fully saturated rings. The van der Waals surface area contributed by atoms with E-state index < -0.39 is 5.41 Å².